The molecule has 0 saturated carbocycles. The van der Waals surface area contributed by atoms with Crippen molar-refractivity contribution in [1.29, 1.82) is 0 Å². The lowest BCUT2D eigenvalue weighted by molar-refractivity contribution is 0.0535. The lowest BCUT2D eigenvalue weighted by atomic mass is 10.1. The number of sulfonamides is 1. The highest BCUT2D eigenvalue weighted by Gasteiger charge is 2.28. The normalized spacial score (nSPS) is 14.7. The molecule has 0 aromatic heterocycles. The average Bonchev–Trinajstić information content (AvgIpc) is 2.78. The van der Waals surface area contributed by atoms with Gasteiger partial charge in [0.25, 0.3) is 11.8 Å². The molecule has 0 aliphatic carbocycles. The predicted molar refractivity (Wildman–Crippen MR) is 120 cm³/mol. The van der Waals surface area contributed by atoms with E-state index in [2.05, 4.69) is 6.92 Å². The molecule has 0 spiro atoms. The van der Waals surface area contributed by atoms with E-state index in [1.54, 1.807) is 9.80 Å². The number of hydrogen-bond donors (Lipinski definition) is 0. The van der Waals surface area contributed by atoms with Crippen LogP contribution in [0.2, 0.25) is 5.02 Å². The average molecular weight is 464 g/mol. The summed E-state index contributed by atoms with van der Waals surface area (Å²) in [7, 11) is -0.829. The summed E-state index contributed by atoms with van der Waals surface area (Å²) in [5.41, 5.74) is 1.93. The topological polar surface area (TPSA) is 78.0 Å². The molecule has 1 saturated heterocycles. The summed E-state index contributed by atoms with van der Waals surface area (Å²) in [6.45, 7) is 3.54. The van der Waals surface area contributed by atoms with Crippen LogP contribution < -0.4 is 0 Å². The number of halogens is 1. The third kappa shape index (κ3) is 4.92. The van der Waals surface area contributed by atoms with Crippen LogP contribution in [0.1, 0.15) is 33.2 Å². The number of piperazine rings is 1. The Morgan fingerprint density at radius 2 is 1.48 bits per heavy atom. The van der Waals surface area contributed by atoms with Gasteiger partial charge >= 0.3 is 0 Å². The van der Waals surface area contributed by atoms with Crippen LogP contribution in [-0.4, -0.2) is 74.6 Å². The monoisotopic (exact) mass is 463 g/mol. The molecule has 0 bridgehead atoms. The molecule has 1 aliphatic rings. The fourth-order valence-electron chi connectivity index (χ4n) is 3.39. The minimum Gasteiger partial charge on any atom is -0.335 e. The molecule has 0 radical (unpaired) electrons. The highest BCUT2D eigenvalue weighted by atomic mass is 35.5. The number of nitrogens with zero attached hydrogens (tertiary/aromatic N) is 3. The molecule has 3 rings (SSSR count). The zero-order chi connectivity index (χ0) is 22.8. The van der Waals surface area contributed by atoms with E-state index in [4.69, 9.17) is 11.6 Å². The summed E-state index contributed by atoms with van der Waals surface area (Å²) in [4.78, 5) is 29.1. The zero-order valence-electron chi connectivity index (χ0n) is 17.8. The second-order valence-electron chi connectivity index (χ2n) is 7.56. The van der Waals surface area contributed by atoms with Crippen molar-refractivity contribution in [3.63, 3.8) is 0 Å². The molecule has 31 heavy (non-hydrogen) atoms. The third-order valence-corrected chi connectivity index (χ3v) is 7.55. The van der Waals surface area contributed by atoms with Crippen LogP contribution in [0.5, 0.6) is 0 Å². The lowest BCUT2D eigenvalue weighted by Crippen LogP contribution is -2.50. The summed E-state index contributed by atoms with van der Waals surface area (Å²) in [5, 5.41) is 0.192. The maximum Gasteiger partial charge on any atom is 0.255 e. The minimum absolute atomic E-state index is 0.00888. The van der Waals surface area contributed by atoms with Crippen LogP contribution in [0.4, 0.5) is 0 Å². The van der Waals surface area contributed by atoms with Crippen molar-refractivity contribution in [3.05, 3.63) is 64.2 Å². The SMILES string of the molecule is CCc1ccc(C(=O)N2CCN(C(=O)c3cc(S(=O)(=O)N(C)C)ccc3Cl)CC2)cc1. The smallest absolute Gasteiger partial charge is 0.255 e. The Bertz CT molecular complexity index is 1080. The maximum absolute atomic E-state index is 13.0. The van der Waals surface area contributed by atoms with E-state index in [0.717, 1.165) is 10.7 Å². The number of aryl methyl sites for hydroxylation is 1. The summed E-state index contributed by atoms with van der Waals surface area (Å²) >= 11 is 6.20. The Balaban J connectivity index is 1.71. The summed E-state index contributed by atoms with van der Waals surface area (Å²) in [6.07, 6.45) is 0.912. The van der Waals surface area contributed by atoms with Crippen LogP contribution in [0, 0.1) is 0 Å². The predicted octanol–water partition coefficient (Wildman–Crippen LogP) is 2.75. The van der Waals surface area contributed by atoms with E-state index in [-0.39, 0.29) is 27.3 Å². The van der Waals surface area contributed by atoms with Gasteiger partial charge in [-0.1, -0.05) is 30.7 Å². The van der Waals surface area contributed by atoms with Crippen LogP contribution in [0.3, 0.4) is 0 Å². The van der Waals surface area contributed by atoms with E-state index in [0.29, 0.717) is 31.7 Å². The molecule has 0 unspecified atom stereocenters. The molecule has 1 aliphatic heterocycles. The Morgan fingerprint density at radius 1 is 0.935 bits per heavy atom. The van der Waals surface area contributed by atoms with E-state index < -0.39 is 10.0 Å². The van der Waals surface area contributed by atoms with Crippen molar-refractivity contribution < 1.29 is 18.0 Å². The second-order valence-corrected chi connectivity index (χ2v) is 10.1. The molecular weight excluding hydrogens is 438 g/mol. The van der Waals surface area contributed by atoms with Crippen LogP contribution in [0.25, 0.3) is 0 Å². The molecule has 7 nitrogen and oxygen atoms in total. The third-order valence-electron chi connectivity index (χ3n) is 5.41. The summed E-state index contributed by atoms with van der Waals surface area (Å²) < 4.78 is 25.9. The van der Waals surface area contributed by atoms with Gasteiger partial charge in [0.1, 0.15) is 0 Å². The van der Waals surface area contributed by atoms with E-state index in [1.165, 1.54) is 37.9 Å². The molecule has 2 aromatic carbocycles. The maximum atomic E-state index is 13.0. The first kappa shape index (κ1) is 23.2. The highest BCUT2D eigenvalue weighted by molar-refractivity contribution is 7.89. The largest absolute Gasteiger partial charge is 0.335 e. The number of carbonyl (C=O) groups excluding carboxylic acids is 2. The van der Waals surface area contributed by atoms with Gasteiger partial charge in [-0.2, -0.15) is 0 Å². The van der Waals surface area contributed by atoms with Crippen LogP contribution >= 0.6 is 11.6 Å². The molecule has 2 amide bonds. The first-order valence-electron chi connectivity index (χ1n) is 10.0. The molecule has 0 atom stereocenters. The molecule has 2 aromatic rings. The van der Waals surface area contributed by atoms with Crippen molar-refractivity contribution in [2.75, 3.05) is 40.3 Å². The van der Waals surface area contributed by atoms with E-state index in [9.17, 15) is 18.0 Å². The first-order valence-corrected chi connectivity index (χ1v) is 11.9. The van der Waals surface area contributed by atoms with Crippen molar-refractivity contribution in [1.82, 2.24) is 14.1 Å². The van der Waals surface area contributed by atoms with Gasteiger partial charge in [0.2, 0.25) is 10.0 Å². The van der Waals surface area contributed by atoms with Crippen LogP contribution in [0.15, 0.2) is 47.4 Å². The summed E-state index contributed by atoms with van der Waals surface area (Å²) in [6, 6.07) is 11.7. The number of carbonyl (C=O) groups is 2. The van der Waals surface area contributed by atoms with Gasteiger partial charge in [-0.15, -0.1) is 0 Å². The first-order chi connectivity index (χ1) is 14.6. The van der Waals surface area contributed by atoms with E-state index in [1.807, 2.05) is 24.3 Å². The molecule has 166 valence electrons. The Morgan fingerprint density at radius 3 is 2.00 bits per heavy atom. The van der Waals surface area contributed by atoms with Crippen molar-refractivity contribution in [2.45, 2.75) is 18.2 Å². The standard InChI is InChI=1S/C22H26ClN3O4S/c1-4-16-5-7-17(8-6-16)21(27)25-11-13-26(14-12-25)22(28)19-15-18(9-10-20(19)23)31(29,30)24(2)3/h5-10,15H,4,11-14H2,1-3H3. The zero-order valence-corrected chi connectivity index (χ0v) is 19.4. The van der Waals surface area contributed by atoms with Gasteiger partial charge in [0.15, 0.2) is 0 Å². The number of benzene rings is 2. The van der Waals surface area contributed by atoms with E-state index >= 15 is 0 Å². The minimum atomic E-state index is -3.69. The Hall–Kier alpha value is -2.42. The lowest BCUT2D eigenvalue weighted by Gasteiger charge is -2.35. The van der Waals surface area contributed by atoms with Crippen molar-refractivity contribution in [3.8, 4) is 0 Å². The Kier molecular flexibility index (Phi) is 7.03. The van der Waals surface area contributed by atoms with Gasteiger partial charge in [0.05, 0.1) is 15.5 Å². The molecule has 1 heterocycles. The van der Waals surface area contributed by atoms with Crippen LogP contribution in [-0.2, 0) is 16.4 Å². The number of hydrogen-bond acceptors (Lipinski definition) is 4. The molecule has 1 fully saturated rings. The van der Waals surface area contributed by atoms with Crippen molar-refractivity contribution >= 4 is 33.4 Å². The molecule has 0 N–H and O–H groups in total. The van der Waals surface area contributed by atoms with Gasteiger partial charge in [-0.05, 0) is 42.3 Å². The van der Waals surface area contributed by atoms with Gasteiger partial charge in [-0.3, -0.25) is 9.59 Å². The molecular formula is C22H26ClN3O4S. The molecule has 9 heteroatoms. The van der Waals surface area contributed by atoms with Crippen molar-refractivity contribution in [2.24, 2.45) is 0 Å². The van der Waals surface area contributed by atoms with Gasteiger partial charge in [0, 0.05) is 45.8 Å². The summed E-state index contributed by atoms with van der Waals surface area (Å²) in [5.74, 6) is -0.410. The van der Waals surface area contributed by atoms with Gasteiger partial charge < -0.3 is 9.80 Å². The fourth-order valence-corrected chi connectivity index (χ4v) is 4.51. The highest BCUT2D eigenvalue weighted by Crippen LogP contribution is 2.24. The Labute approximate surface area is 188 Å². The second kappa shape index (κ2) is 9.38. The van der Waals surface area contributed by atoms with Gasteiger partial charge in [-0.25, -0.2) is 12.7 Å². The number of amides is 2. The number of rotatable bonds is 5. The quantitative estimate of drug-likeness (QED) is 0.683. The fraction of sp³-hybridized carbons (Fsp3) is 0.364.